The van der Waals surface area contributed by atoms with Crippen molar-refractivity contribution in [2.24, 2.45) is 5.73 Å². The Kier molecular flexibility index (Phi) is 4.38. The SMILES string of the molecule is COC[C@H](N)c1cc(Br)ccc1OC. The van der Waals surface area contributed by atoms with Crippen LogP contribution in [0.3, 0.4) is 0 Å². The van der Waals surface area contributed by atoms with Gasteiger partial charge in [-0.1, -0.05) is 15.9 Å². The minimum absolute atomic E-state index is 0.160. The van der Waals surface area contributed by atoms with E-state index in [-0.39, 0.29) is 6.04 Å². The molecule has 0 aliphatic rings. The summed E-state index contributed by atoms with van der Waals surface area (Å²) in [6, 6.07) is 5.59. The minimum Gasteiger partial charge on any atom is -0.496 e. The Morgan fingerprint density at radius 2 is 2.14 bits per heavy atom. The van der Waals surface area contributed by atoms with E-state index in [1.807, 2.05) is 18.2 Å². The summed E-state index contributed by atoms with van der Waals surface area (Å²) in [5.74, 6) is 0.790. The van der Waals surface area contributed by atoms with E-state index in [2.05, 4.69) is 15.9 Å². The van der Waals surface area contributed by atoms with Crippen molar-refractivity contribution in [1.82, 2.24) is 0 Å². The van der Waals surface area contributed by atoms with E-state index in [9.17, 15) is 0 Å². The van der Waals surface area contributed by atoms with Crippen LogP contribution < -0.4 is 10.5 Å². The zero-order chi connectivity index (χ0) is 10.6. The number of benzene rings is 1. The Balaban J connectivity index is 2.97. The van der Waals surface area contributed by atoms with E-state index in [4.69, 9.17) is 15.2 Å². The highest BCUT2D eigenvalue weighted by molar-refractivity contribution is 9.10. The lowest BCUT2D eigenvalue weighted by Crippen LogP contribution is -2.17. The van der Waals surface area contributed by atoms with Crippen LogP contribution >= 0.6 is 15.9 Å². The van der Waals surface area contributed by atoms with Crippen molar-refractivity contribution < 1.29 is 9.47 Å². The second-order valence-electron chi connectivity index (χ2n) is 2.95. The second kappa shape index (κ2) is 5.34. The first-order chi connectivity index (χ1) is 6.69. The van der Waals surface area contributed by atoms with Crippen molar-refractivity contribution in [2.75, 3.05) is 20.8 Å². The normalized spacial score (nSPS) is 12.6. The molecule has 0 aliphatic carbocycles. The Labute approximate surface area is 92.3 Å². The second-order valence-corrected chi connectivity index (χ2v) is 3.86. The fraction of sp³-hybridized carbons (Fsp3) is 0.400. The predicted octanol–water partition coefficient (Wildman–Crippen LogP) is 2.10. The van der Waals surface area contributed by atoms with Crippen LogP contribution in [-0.2, 0) is 4.74 Å². The quantitative estimate of drug-likeness (QED) is 0.901. The van der Waals surface area contributed by atoms with Gasteiger partial charge < -0.3 is 15.2 Å². The van der Waals surface area contributed by atoms with Crippen LogP contribution in [0.2, 0.25) is 0 Å². The Morgan fingerprint density at radius 1 is 1.43 bits per heavy atom. The van der Waals surface area contributed by atoms with Crippen LogP contribution in [0.1, 0.15) is 11.6 Å². The number of hydrogen-bond donors (Lipinski definition) is 1. The van der Waals surface area contributed by atoms with Crippen LogP contribution in [0.4, 0.5) is 0 Å². The minimum atomic E-state index is -0.160. The van der Waals surface area contributed by atoms with Gasteiger partial charge in [0.15, 0.2) is 0 Å². The Bertz CT molecular complexity index is 304. The molecule has 3 nitrogen and oxygen atoms in total. The fourth-order valence-corrected chi connectivity index (χ4v) is 1.64. The van der Waals surface area contributed by atoms with Crippen molar-refractivity contribution in [3.8, 4) is 5.75 Å². The molecule has 0 saturated heterocycles. The first-order valence-electron chi connectivity index (χ1n) is 4.27. The topological polar surface area (TPSA) is 44.5 Å². The predicted molar refractivity (Wildman–Crippen MR) is 59.5 cm³/mol. The summed E-state index contributed by atoms with van der Waals surface area (Å²) in [4.78, 5) is 0. The summed E-state index contributed by atoms with van der Waals surface area (Å²) in [6.07, 6.45) is 0. The molecule has 0 aromatic heterocycles. The lowest BCUT2D eigenvalue weighted by Gasteiger charge is -2.15. The number of rotatable bonds is 4. The van der Waals surface area contributed by atoms with E-state index in [0.717, 1.165) is 15.8 Å². The molecule has 4 heteroatoms. The molecule has 78 valence electrons. The molecule has 0 fully saturated rings. The highest BCUT2D eigenvalue weighted by Crippen LogP contribution is 2.27. The molecule has 0 amide bonds. The van der Waals surface area contributed by atoms with Gasteiger partial charge in [-0.15, -0.1) is 0 Å². The molecule has 1 atom stereocenters. The highest BCUT2D eigenvalue weighted by atomic mass is 79.9. The summed E-state index contributed by atoms with van der Waals surface area (Å²) in [7, 11) is 3.26. The summed E-state index contributed by atoms with van der Waals surface area (Å²) >= 11 is 3.39. The van der Waals surface area contributed by atoms with Crippen LogP contribution in [0.25, 0.3) is 0 Å². The Hall–Kier alpha value is -0.580. The van der Waals surface area contributed by atoms with Crippen molar-refractivity contribution in [3.05, 3.63) is 28.2 Å². The Morgan fingerprint density at radius 3 is 2.71 bits per heavy atom. The van der Waals surface area contributed by atoms with Gasteiger partial charge in [0, 0.05) is 17.1 Å². The molecule has 1 aromatic rings. The zero-order valence-electron chi connectivity index (χ0n) is 8.29. The number of ether oxygens (including phenoxy) is 2. The van der Waals surface area contributed by atoms with Crippen LogP contribution in [-0.4, -0.2) is 20.8 Å². The van der Waals surface area contributed by atoms with Gasteiger partial charge in [-0.3, -0.25) is 0 Å². The lowest BCUT2D eigenvalue weighted by molar-refractivity contribution is 0.179. The van der Waals surface area contributed by atoms with Crippen LogP contribution in [0.5, 0.6) is 5.75 Å². The third kappa shape index (κ3) is 2.70. The third-order valence-corrected chi connectivity index (χ3v) is 2.43. The van der Waals surface area contributed by atoms with Crippen LogP contribution in [0.15, 0.2) is 22.7 Å². The van der Waals surface area contributed by atoms with Crippen molar-refractivity contribution in [3.63, 3.8) is 0 Å². The maximum atomic E-state index is 5.92. The van der Waals surface area contributed by atoms with E-state index in [1.54, 1.807) is 14.2 Å². The van der Waals surface area contributed by atoms with E-state index >= 15 is 0 Å². The molecular weight excluding hydrogens is 246 g/mol. The molecular formula is C10H14BrNO2. The van der Waals surface area contributed by atoms with Gasteiger partial charge in [-0.05, 0) is 18.2 Å². The van der Waals surface area contributed by atoms with Crippen LogP contribution in [0, 0.1) is 0 Å². The van der Waals surface area contributed by atoms with Gasteiger partial charge in [0.2, 0.25) is 0 Å². The van der Waals surface area contributed by atoms with Gasteiger partial charge in [0.1, 0.15) is 5.75 Å². The smallest absolute Gasteiger partial charge is 0.123 e. The molecule has 2 N–H and O–H groups in total. The molecule has 0 radical (unpaired) electrons. The molecule has 0 unspecified atom stereocenters. The molecule has 0 bridgehead atoms. The molecule has 0 heterocycles. The average Bonchev–Trinajstić information content (AvgIpc) is 2.18. The van der Waals surface area contributed by atoms with E-state index in [1.165, 1.54) is 0 Å². The lowest BCUT2D eigenvalue weighted by atomic mass is 10.1. The summed E-state index contributed by atoms with van der Waals surface area (Å²) < 4.78 is 11.2. The zero-order valence-corrected chi connectivity index (χ0v) is 9.87. The number of halogens is 1. The third-order valence-electron chi connectivity index (χ3n) is 1.94. The average molecular weight is 260 g/mol. The van der Waals surface area contributed by atoms with Gasteiger partial charge >= 0.3 is 0 Å². The molecule has 0 spiro atoms. The largest absolute Gasteiger partial charge is 0.496 e. The van der Waals surface area contributed by atoms with Crippen molar-refractivity contribution >= 4 is 15.9 Å². The first kappa shape index (κ1) is 11.5. The monoisotopic (exact) mass is 259 g/mol. The number of nitrogens with two attached hydrogens (primary N) is 1. The van der Waals surface area contributed by atoms with Gasteiger partial charge in [-0.25, -0.2) is 0 Å². The van der Waals surface area contributed by atoms with Gasteiger partial charge in [-0.2, -0.15) is 0 Å². The first-order valence-corrected chi connectivity index (χ1v) is 5.06. The van der Waals surface area contributed by atoms with Gasteiger partial charge in [0.05, 0.1) is 19.8 Å². The molecule has 0 saturated carbocycles. The number of methoxy groups -OCH3 is 2. The van der Waals surface area contributed by atoms with Crippen molar-refractivity contribution in [2.45, 2.75) is 6.04 Å². The highest BCUT2D eigenvalue weighted by Gasteiger charge is 2.11. The molecule has 14 heavy (non-hydrogen) atoms. The van der Waals surface area contributed by atoms with Crippen molar-refractivity contribution in [1.29, 1.82) is 0 Å². The molecule has 1 rings (SSSR count). The summed E-state index contributed by atoms with van der Waals surface area (Å²) in [5, 5.41) is 0. The fourth-order valence-electron chi connectivity index (χ4n) is 1.26. The maximum absolute atomic E-state index is 5.92. The summed E-state index contributed by atoms with van der Waals surface area (Å²) in [5.41, 5.74) is 6.87. The van der Waals surface area contributed by atoms with E-state index < -0.39 is 0 Å². The standard InChI is InChI=1S/C10H14BrNO2/c1-13-6-9(12)8-5-7(11)3-4-10(8)14-2/h3-5,9H,6,12H2,1-2H3/t9-/m0/s1. The van der Waals surface area contributed by atoms with Gasteiger partial charge in [0.25, 0.3) is 0 Å². The molecule has 0 aliphatic heterocycles. The molecule has 1 aromatic carbocycles. The maximum Gasteiger partial charge on any atom is 0.123 e. The van der Waals surface area contributed by atoms with E-state index in [0.29, 0.717) is 6.61 Å². The summed E-state index contributed by atoms with van der Waals surface area (Å²) in [6.45, 7) is 0.479. The number of hydrogen-bond acceptors (Lipinski definition) is 3.